The second-order valence-corrected chi connectivity index (χ2v) is 4.18. The van der Waals surface area contributed by atoms with Gasteiger partial charge >= 0.3 is 0 Å². The first kappa shape index (κ1) is 11.1. The highest BCUT2D eigenvalue weighted by molar-refractivity contribution is 5.97. The Balaban J connectivity index is 1.82. The zero-order chi connectivity index (χ0) is 11.2. The van der Waals surface area contributed by atoms with E-state index in [1.165, 1.54) is 25.9 Å². The minimum atomic E-state index is 0.653. The highest BCUT2D eigenvalue weighted by atomic mass is 15.1. The molecule has 1 aromatic carbocycles. The topological polar surface area (TPSA) is 41.6 Å². The fourth-order valence-electron chi connectivity index (χ4n) is 2.02. The van der Waals surface area contributed by atoms with Crippen molar-refractivity contribution >= 4 is 5.84 Å². The summed E-state index contributed by atoms with van der Waals surface area (Å²) in [6.45, 7) is 4.29. The van der Waals surface area contributed by atoms with Crippen molar-refractivity contribution in [2.75, 3.05) is 26.2 Å². The van der Waals surface area contributed by atoms with E-state index in [1.807, 2.05) is 30.3 Å². The third-order valence-electron chi connectivity index (χ3n) is 2.97. The van der Waals surface area contributed by atoms with Crippen molar-refractivity contribution < 1.29 is 0 Å². The van der Waals surface area contributed by atoms with Crippen LogP contribution in [0.25, 0.3) is 0 Å². The predicted molar refractivity (Wildman–Crippen MR) is 67.7 cm³/mol. The van der Waals surface area contributed by atoms with E-state index in [0.29, 0.717) is 5.84 Å². The molecule has 1 aromatic rings. The standard InChI is InChI=1S/C13H19N3/c14-13(12-6-2-1-3-7-12)15-8-11-16-9-4-5-10-16/h1-3,6-7H,4-5,8-11H2,(H2,14,15). The van der Waals surface area contributed by atoms with Gasteiger partial charge in [0.05, 0.1) is 6.54 Å². The number of aliphatic imine (C=N–C) groups is 1. The summed E-state index contributed by atoms with van der Waals surface area (Å²) >= 11 is 0. The van der Waals surface area contributed by atoms with Gasteiger partial charge in [0.1, 0.15) is 5.84 Å². The third-order valence-corrected chi connectivity index (χ3v) is 2.97. The normalized spacial score (nSPS) is 17.9. The Morgan fingerprint density at radius 3 is 2.56 bits per heavy atom. The van der Waals surface area contributed by atoms with E-state index in [1.54, 1.807) is 0 Å². The minimum Gasteiger partial charge on any atom is -0.384 e. The van der Waals surface area contributed by atoms with Gasteiger partial charge in [-0.2, -0.15) is 0 Å². The fraction of sp³-hybridized carbons (Fsp3) is 0.462. The number of benzene rings is 1. The molecule has 0 aliphatic carbocycles. The van der Waals surface area contributed by atoms with Crippen LogP contribution in [0.15, 0.2) is 35.3 Å². The van der Waals surface area contributed by atoms with Crippen LogP contribution in [0.5, 0.6) is 0 Å². The second kappa shape index (κ2) is 5.66. The van der Waals surface area contributed by atoms with Crippen LogP contribution in [-0.4, -0.2) is 36.9 Å². The number of hydrogen-bond donors (Lipinski definition) is 1. The summed E-state index contributed by atoms with van der Waals surface area (Å²) < 4.78 is 0. The van der Waals surface area contributed by atoms with Crippen molar-refractivity contribution in [2.24, 2.45) is 10.7 Å². The molecule has 1 saturated heterocycles. The van der Waals surface area contributed by atoms with E-state index in [-0.39, 0.29) is 0 Å². The number of hydrogen-bond acceptors (Lipinski definition) is 2. The van der Waals surface area contributed by atoms with Crippen molar-refractivity contribution in [3.63, 3.8) is 0 Å². The van der Waals surface area contributed by atoms with Gasteiger partial charge in [0.25, 0.3) is 0 Å². The molecule has 0 spiro atoms. The Labute approximate surface area is 97.0 Å². The van der Waals surface area contributed by atoms with Crippen LogP contribution in [-0.2, 0) is 0 Å². The maximum atomic E-state index is 5.91. The summed E-state index contributed by atoms with van der Waals surface area (Å²) in [6.07, 6.45) is 2.66. The van der Waals surface area contributed by atoms with Crippen LogP contribution in [0.2, 0.25) is 0 Å². The van der Waals surface area contributed by atoms with E-state index < -0.39 is 0 Å². The largest absolute Gasteiger partial charge is 0.384 e. The molecule has 1 aliphatic heterocycles. The molecule has 2 rings (SSSR count). The van der Waals surface area contributed by atoms with Crippen molar-refractivity contribution in [1.82, 2.24) is 4.90 Å². The molecule has 0 bridgehead atoms. The van der Waals surface area contributed by atoms with Crippen LogP contribution in [0.3, 0.4) is 0 Å². The molecule has 0 atom stereocenters. The molecule has 0 amide bonds. The zero-order valence-corrected chi connectivity index (χ0v) is 9.60. The minimum absolute atomic E-state index is 0.653. The van der Waals surface area contributed by atoms with Gasteiger partial charge in [0, 0.05) is 12.1 Å². The van der Waals surface area contributed by atoms with Gasteiger partial charge in [-0.25, -0.2) is 0 Å². The summed E-state index contributed by atoms with van der Waals surface area (Å²) in [5.74, 6) is 0.653. The zero-order valence-electron chi connectivity index (χ0n) is 9.60. The van der Waals surface area contributed by atoms with Crippen molar-refractivity contribution in [3.05, 3.63) is 35.9 Å². The summed E-state index contributed by atoms with van der Waals surface area (Å²) in [5, 5.41) is 0. The molecule has 0 radical (unpaired) electrons. The molecular weight excluding hydrogens is 198 g/mol. The average Bonchev–Trinajstić information content (AvgIpc) is 2.83. The van der Waals surface area contributed by atoms with Crippen LogP contribution in [0.1, 0.15) is 18.4 Å². The van der Waals surface area contributed by atoms with E-state index >= 15 is 0 Å². The number of nitrogens with zero attached hydrogens (tertiary/aromatic N) is 2. The Morgan fingerprint density at radius 1 is 1.19 bits per heavy atom. The molecule has 0 aromatic heterocycles. The van der Waals surface area contributed by atoms with Gasteiger partial charge in [-0.05, 0) is 25.9 Å². The number of rotatable bonds is 4. The Bertz CT molecular complexity index is 339. The summed E-state index contributed by atoms with van der Waals surface area (Å²) in [7, 11) is 0. The molecule has 1 aliphatic rings. The maximum absolute atomic E-state index is 5.91. The predicted octanol–water partition coefficient (Wildman–Crippen LogP) is 1.49. The van der Waals surface area contributed by atoms with Gasteiger partial charge in [-0.1, -0.05) is 30.3 Å². The van der Waals surface area contributed by atoms with E-state index in [4.69, 9.17) is 5.73 Å². The first-order valence-corrected chi connectivity index (χ1v) is 5.94. The molecular formula is C13H19N3. The average molecular weight is 217 g/mol. The monoisotopic (exact) mass is 217 g/mol. The Kier molecular flexibility index (Phi) is 3.94. The van der Waals surface area contributed by atoms with Crippen LogP contribution in [0.4, 0.5) is 0 Å². The lowest BCUT2D eigenvalue weighted by Gasteiger charge is -2.12. The van der Waals surface area contributed by atoms with Crippen molar-refractivity contribution in [3.8, 4) is 0 Å². The maximum Gasteiger partial charge on any atom is 0.125 e. The van der Waals surface area contributed by atoms with Gasteiger partial charge in [0.2, 0.25) is 0 Å². The quantitative estimate of drug-likeness (QED) is 0.613. The van der Waals surface area contributed by atoms with Crippen LogP contribution in [0, 0.1) is 0 Å². The third kappa shape index (κ3) is 3.07. The summed E-state index contributed by atoms with van der Waals surface area (Å²) in [4.78, 5) is 6.86. The lowest BCUT2D eigenvalue weighted by atomic mass is 10.2. The van der Waals surface area contributed by atoms with E-state index in [2.05, 4.69) is 9.89 Å². The van der Waals surface area contributed by atoms with Crippen molar-refractivity contribution in [1.29, 1.82) is 0 Å². The molecule has 1 heterocycles. The summed E-state index contributed by atoms with van der Waals surface area (Å²) in [5.41, 5.74) is 6.93. The van der Waals surface area contributed by atoms with Crippen LogP contribution < -0.4 is 5.73 Å². The molecule has 16 heavy (non-hydrogen) atoms. The van der Waals surface area contributed by atoms with Crippen LogP contribution >= 0.6 is 0 Å². The lowest BCUT2D eigenvalue weighted by molar-refractivity contribution is 0.349. The first-order chi connectivity index (χ1) is 7.86. The fourth-order valence-corrected chi connectivity index (χ4v) is 2.02. The molecule has 3 nitrogen and oxygen atoms in total. The second-order valence-electron chi connectivity index (χ2n) is 4.18. The highest BCUT2D eigenvalue weighted by Gasteiger charge is 2.09. The smallest absolute Gasteiger partial charge is 0.125 e. The van der Waals surface area contributed by atoms with Gasteiger partial charge in [0.15, 0.2) is 0 Å². The van der Waals surface area contributed by atoms with E-state index in [0.717, 1.165) is 18.7 Å². The molecule has 3 heteroatoms. The van der Waals surface area contributed by atoms with Gasteiger partial charge in [-0.15, -0.1) is 0 Å². The number of amidine groups is 1. The SMILES string of the molecule is NC(=NCCN1CCCC1)c1ccccc1. The number of likely N-dealkylation sites (tertiary alicyclic amines) is 1. The van der Waals surface area contributed by atoms with Gasteiger partial charge < -0.3 is 10.6 Å². The Hall–Kier alpha value is -1.35. The first-order valence-electron chi connectivity index (χ1n) is 5.94. The van der Waals surface area contributed by atoms with E-state index in [9.17, 15) is 0 Å². The molecule has 0 unspecified atom stereocenters. The molecule has 0 saturated carbocycles. The highest BCUT2D eigenvalue weighted by Crippen LogP contribution is 2.06. The molecule has 2 N–H and O–H groups in total. The molecule has 1 fully saturated rings. The van der Waals surface area contributed by atoms with Gasteiger partial charge in [-0.3, -0.25) is 4.99 Å². The summed E-state index contributed by atoms with van der Waals surface area (Å²) in [6, 6.07) is 9.95. The Morgan fingerprint density at radius 2 is 1.88 bits per heavy atom. The molecule has 86 valence electrons. The number of nitrogens with two attached hydrogens (primary N) is 1. The van der Waals surface area contributed by atoms with Crippen molar-refractivity contribution in [2.45, 2.75) is 12.8 Å². The lowest BCUT2D eigenvalue weighted by Crippen LogP contribution is -2.24.